The third-order valence-electron chi connectivity index (χ3n) is 6.61. The fraction of sp³-hybridized carbons (Fsp3) is 0.400. The number of aromatic nitrogens is 1. The molecule has 0 spiro atoms. The van der Waals surface area contributed by atoms with Crippen molar-refractivity contribution < 1.29 is 4.39 Å². The van der Waals surface area contributed by atoms with Crippen LogP contribution in [0.4, 0.5) is 10.1 Å². The second-order valence-electron chi connectivity index (χ2n) is 8.59. The van der Waals surface area contributed by atoms with Crippen LogP contribution in [-0.4, -0.2) is 41.6 Å². The van der Waals surface area contributed by atoms with E-state index in [2.05, 4.69) is 39.9 Å². The molecule has 1 fully saturated rings. The van der Waals surface area contributed by atoms with Gasteiger partial charge in [0.15, 0.2) is 0 Å². The molecule has 5 heteroatoms. The van der Waals surface area contributed by atoms with Crippen molar-refractivity contribution in [2.24, 2.45) is 0 Å². The van der Waals surface area contributed by atoms with E-state index in [1.807, 2.05) is 23.7 Å². The van der Waals surface area contributed by atoms with Gasteiger partial charge in [0.2, 0.25) is 0 Å². The molecule has 0 N–H and O–H groups in total. The molecule has 2 aliphatic heterocycles. The highest BCUT2D eigenvalue weighted by Gasteiger charge is 2.33. The molecule has 5 rings (SSSR count). The highest BCUT2D eigenvalue weighted by atomic mass is 32.1. The zero-order valence-electron chi connectivity index (χ0n) is 17.4. The summed E-state index contributed by atoms with van der Waals surface area (Å²) in [6.45, 7) is 5.69. The molecule has 0 saturated carbocycles. The van der Waals surface area contributed by atoms with Crippen molar-refractivity contribution in [3.05, 3.63) is 71.0 Å². The van der Waals surface area contributed by atoms with Gasteiger partial charge in [-0.1, -0.05) is 24.3 Å². The predicted octanol–water partition coefficient (Wildman–Crippen LogP) is 5.41. The van der Waals surface area contributed by atoms with E-state index in [0.717, 1.165) is 37.5 Å². The molecule has 1 unspecified atom stereocenters. The average Bonchev–Trinajstić information content (AvgIpc) is 3.41. The van der Waals surface area contributed by atoms with Crippen molar-refractivity contribution in [2.45, 2.75) is 44.7 Å². The van der Waals surface area contributed by atoms with Crippen LogP contribution < -0.4 is 4.90 Å². The van der Waals surface area contributed by atoms with E-state index in [1.165, 1.54) is 35.2 Å². The lowest BCUT2D eigenvalue weighted by atomic mass is 10.0. The number of benzene rings is 2. The van der Waals surface area contributed by atoms with Crippen LogP contribution in [0.2, 0.25) is 0 Å². The maximum absolute atomic E-state index is 13.1. The van der Waals surface area contributed by atoms with Gasteiger partial charge in [-0.25, -0.2) is 9.37 Å². The second kappa shape index (κ2) is 8.48. The number of fused-ring (bicyclic) bond motifs is 1. The number of rotatable bonds is 5. The Hall–Kier alpha value is -2.24. The van der Waals surface area contributed by atoms with Crippen molar-refractivity contribution in [1.82, 2.24) is 9.88 Å². The summed E-state index contributed by atoms with van der Waals surface area (Å²) >= 11 is 1.71. The highest BCUT2D eigenvalue weighted by Crippen LogP contribution is 2.39. The topological polar surface area (TPSA) is 19.4 Å². The molecule has 0 bridgehead atoms. The molecule has 3 nitrogen and oxygen atoms in total. The Morgan fingerprint density at radius 2 is 1.90 bits per heavy atom. The van der Waals surface area contributed by atoms with Gasteiger partial charge in [0, 0.05) is 54.5 Å². The molecular weight excluding hydrogens is 393 g/mol. The average molecular weight is 422 g/mol. The van der Waals surface area contributed by atoms with Gasteiger partial charge in [-0.3, -0.25) is 0 Å². The zero-order valence-corrected chi connectivity index (χ0v) is 18.2. The smallest absolute Gasteiger partial charge is 0.123 e. The number of thiazole rings is 1. The fourth-order valence-corrected chi connectivity index (χ4v) is 5.68. The van der Waals surface area contributed by atoms with E-state index in [-0.39, 0.29) is 5.82 Å². The van der Waals surface area contributed by atoms with Crippen molar-refractivity contribution in [1.29, 1.82) is 0 Å². The molecule has 1 atom stereocenters. The quantitative estimate of drug-likeness (QED) is 0.549. The predicted molar refractivity (Wildman–Crippen MR) is 123 cm³/mol. The molecular formula is C25H28FN3S. The van der Waals surface area contributed by atoms with E-state index in [0.29, 0.717) is 12.1 Å². The Kier molecular flexibility index (Phi) is 5.57. The lowest BCUT2D eigenvalue weighted by molar-refractivity contribution is 0.208. The Morgan fingerprint density at radius 3 is 2.63 bits per heavy atom. The van der Waals surface area contributed by atoms with Gasteiger partial charge in [-0.05, 0) is 61.9 Å². The van der Waals surface area contributed by atoms with Crippen LogP contribution in [0.15, 0.2) is 54.0 Å². The number of hydrogen-bond donors (Lipinski definition) is 0. The van der Waals surface area contributed by atoms with Crippen molar-refractivity contribution in [3.8, 4) is 10.6 Å². The first-order chi connectivity index (χ1) is 14.7. The van der Waals surface area contributed by atoms with Gasteiger partial charge in [-0.2, -0.15) is 0 Å². The van der Waals surface area contributed by atoms with E-state index in [9.17, 15) is 4.39 Å². The van der Waals surface area contributed by atoms with Crippen LogP contribution in [0, 0.1) is 5.82 Å². The Morgan fingerprint density at radius 1 is 1.10 bits per heavy atom. The van der Waals surface area contributed by atoms with Gasteiger partial charge >= 0.3 is 0 Å². The molecule has 0 radical (unpaired) electrons. The van der Waals surface area contributed by atoms with Crippen molar-refractivity contribution in [3.63, 3.8) is 0 Å². The first-order valence-corrected chi connectivity index (χ1v) is 11.8. The molecule has 30 heavy (non-hydrogen) atoms. The summed E-state index contributed by atoms with van der Waals surface area (Å²) in [4.78, 5) is 9.75. The van der Waals surface area contributed by atoms with Crippen LogP contribution in [-0.2, 0) is 12.8 Å². The van der Waals surface area contributed by atoms with Gasteiger partial charge in [0.25, 0.3) is 0 Å². The largest absolute Gasteiger partial charge is 0.365 e. The third kappa shape index (κ3) is 4.01. The van der Waals surface area contributed by atoms with Crippen LogP contribution in [0.3, 0.4) is 0 Å². The van der Waals surface area contributed by atoms with E-state index in [1.54, 1.807) is 23.5 Å². The van der Waals surface area contributed by atoms with Crippen LogP contribution in [0.25, 0.3) is 10.6 Å². The summed E-state index contributed by atoms with van der Waals surface area (Å²) in [5, 5.41) is 3.15. The lowest BCUT2D eigenvalue weighted by Crippen LogP contribution is -2.47. The van der Waals surface area contributed by atoms with Gasteiger partial charge in [-0.15, -0.1) is 11.3 Å². The standard InChI is InChI=1S/C25H28FN3S/c1-18-16-20-4-5-21(25-27-11-15-30-25)17-24(20)29(18)23-9-13-28(14-10-23)12-8-19-2-6-22(26)7-3-19/h2-7,11,15,17-18,23H,8-10,12-14,16H2,1H3. The minimum atomic E-state index is -0.155. The SMILES string of the molecule is CC1Cc2ccc(-c3nccs3)cc2N1C1CCN(CCc2ccc(F)cc2)CC1. The Bertz CT molecular complexity index is 978. The fourth-order valence-electron chi connectivity index (χ4n) is 5.05. The molecule has 3 aromatic rings. The van der Waals surface area contributed by atoms with Crippen LogP contribution >= 0.6 is 11.3 Å². The first-order valence-electron chi connectivity index (χ1n) is 11.0. The molecule has 2 aliphatic rings. The molecule has 0 amide bonds. The molecule has 1 aromatic heterocycles. The normalized spacial score (nSPS) is 19.9. The highest BCUT2D eigenvalue weighted by molar-refractivity contribution is 7.13. The number of nitrogens with zero attached hydrogens (tertiary/aromatic N) is 3. The monoisotopic (exact) mass is 421 g/mol. The Balaban J connectivity index is 1.23. The summed E-state index contributed by atoms with van der Waals surface area (Å²) in [5.74, 6) is -0.155. The summed E-state index contributed by atoms with van der Waals surface area (Å²) in [7, 11) is 0. The molecule has 156 valence electrons. The van der Waals surface area contributed by atoms with Crippen molar-refractivity contribution >= 4 is 17.0 Å². The minimum Gasteiger partial charge on any atom is -0.365 e. The van der Waals surface area contributed by atoms with Gasteiger partial charge in [0.1, 0.15) is 10.8 Å². The molecule has 0 aliphatic carbocycles. The number of hydrogen-bond acceptors (Lipinski definition) is 4. The van der Waals surface area contributed by atoms with Crippen LogP contribution in [0.1, 0.15) is 30.9 Å². The van der Waals surface area contributed by atoms with E-state index in [4.69, 9.17) is 0 Å². The zero-order chi connectivity index (χ0) is 20.5. The Labute approximate surface area is 182 Å². The number of anilines is 1. The maximum atomic E-state index is 13.1. The number of piperidine rings is 1. The minimum absolute atomic E-state index is 0.155. The summed E-state index contributed by atoms with van der Waals surface area (Å²) in [5.41, 5.74) is 5.34. The van der Waals surface area contributed by atoms with E-state index >= 15 is 0 Å². The summed E-state index contributed by atoms with van der Waals surface area (Å²) in [6.07, 6.45) is 6.42. The summed E-state index contributed by atoms with van der Waals surface area (Å²) < 4.78 is 13.1. The first kappa shape index (κ1) is 19.7. The van der Waals surface area contributed by atoms with Crippen LogP contribution in [0.5, 0.6) is 0 Å². The second-order valence-corrected chi connectivity index (χ2v) is 9.49. The molecule has 2 aromatic carbocycles. The summed E-state index contributed by atoms with van der Waals surface area (Å²) in [6, 6.07) is 15.0. The number of halogens is 1. The van der Waals surface area contributed by atoms with E-state index < -0.39 is 0 Å². The maximum Gasteiger partial charge on any atom is 0.123 e. The van der Waals surface area contributed by atoms with Gasteiger partial charge in [0.05, 0.1) is 0 Å². The van der Waals surface area contributed by atoms with Crippen molar-refractivity contribution in [2.75, 3.05) is 24.5 Å². The number of likely N-dealkylation sites (tertiary alicyclic amines) is 1. The molecule has 1 saturated heterocycles. The lowest BCUT2D eigenvalue weighted by Gasteiger charge is -2.40. The van der Waals surface area contributed by atoms with Gasteiger partial charge < -0.3 is 9.80 Å². The molecule has 3 heterocycles. The third-order valence-corrected chi connectivity index (χ3v) is 7.44.